The topological polar surface area (TPSA) is 66.5 Å². The SMILES string of the molecule is CN(c1ccccc1)S(=O)(=O)c1c(-c2ccccc2)csc1C(=O)Nc1ccc(F)cc1. The molecular formula is C24H19FN2O3S2. The Kier molecular flexibility index (Phi) is 6.07. The lowest BCUT2D eigenvalue weighted by Gasteiger charge is -2.21. The van der Waals surface area contributed by atoms with Crippen LogP contribution in [-0.4, -0.2) is 21.4 Å². The molecule has 4 rings (SSSR count). The summed E-state index contributed by atoms with van der Waals surface area (Å²) in [4.78, 5) is 13.1. The van der Waals surface area contributed by atoms with Crippen molar-refractivity contribution in [2.45, 2.75) is 4.90 Å². The molecule has 8 heteroatoms. The molecule has 0 aliphatic heterocycles. The van der Waals surface area contributed by atoms with Gasteiger partial charge in [-0.3, -0.25) is 9.10 Å². The smallest absolute Gasteiger partial charge is 0.267 e. The van der Waals surface area contributed by atoms with E-state index in [2.05, 4.69) is 5.32 Å². The largest absolute Gasteiger partial charge is 0.321 e. The molecule has 32 heavy (non-hydrogen) atoms. The van der Waals surface area contributed by atoms with Crippen LogP contribution >= 0.6 is 11.3 Å². The van der Waals surface area contributed by atoms with Crippen molar-refractivity contribution in [2.24, 2.45) is 0 Å². The monoisotopic (exact) mass is 466 g/mol. The van der Waals surface area contributed by atoms with E-state index in [1.807, 2.05) is 18.2 Å². The first-order valence-electron chi connectivity index (χ1n) is 9.66. The van der Waals surface area contributed by atoms with Crippen LogP contribution < -0.4 is 9.62 Å². The summed E-state index contributed by atoms with van der Waals surface area (Å²) in [5.74, 6) is -1.01. The van der Waals surface area contributed by atoms with Gasteiger partial charge in [0.25, 0.3) is 15.9 Å². The Bertz CT molecular complexity index is 1340. The highest BCUT2D eigenvalue weighted by Gasteiger charge is 2.32. The van der Waals surface area contributed by atoms with Gasteiger partial charge in [-0.15, -0.1) is 11.3 Å². The highest BCUT2D eigenvalue weighted by molar-refractivity contribution is 7.93. The lowest BCUT2D eigenvalue weighted by atomic mass is 10.1. The molecule has 0 radical (unpaired) electrons. The molecule has 5 nitrogen and oxygen atoms in total. The number of thiophene rings is 1. The summed E-state index contributed by atoms with van der Waals surface area (Å²) in [5, 5.41) is 4.33. The van der Waals surface area contributed by atoms with Crippen LogP contribution in [0.1, 0.15) is 9.67 Å². The number of amides is 1. The zero-order valence-corrected chi connectivity index (χ0v) is 18.7. The fourth-order valence-corrected chi connectivity index (χ4v) is 6.07. The molecule has 0 saturated heterocycles. The van der Waals surface area contributed by atoms with Crippen molar-refractivity contribution < 1.29 is 17.6 Å². The van der Waals surface area contributed by atoms with Gasteiger partial charge in [-0.2, -0.15) is 0 Å². The van der Waals surface area contributed by atoms with Crippen molar-refractivity contribution in [3.63, 3.8) is 0 Å². The van der Waals surface area contributed by atoms with Crippen molar-refractivity contribution in [2.75, 3.05) is 16.7 Å². The summed E-state index contributed by atoms with van der Waals surface area (Å²) >= 11 is 1.05. The predicted molar refractivity (Wildman–Crippen MR) is 126 cm³/mol. The third-order valence-corrected chi connectivity index (χ3v) is 7.86. The molecule has 0 saturated carbocycles. The van der Waals surface area contributed by atoms with Gasteiger partial charge in [-0.05, 0) is 42.0 Å². The van der Waals surface area contributed by atoms with Crippen LogP contribution in [0, 0.1) is 5.82 Å². The third-order valence-electron chi connectivity index (χ3n) is 4.88. The molecule has 1 aromatic heterocycles. The number of sulfonamides is 1. The van der Waals surface area contributed by atoms with Gasteiger partial charge in [0.2, 0.25) is 0 Å². The van der Waals surface area contributed by atoms with Crippen molar-refractivity contribution in [1.29, 1.82) is 0 Å². The zero-order chi connectivity index (χ0) is 22.7. The number of rotatable bonds is 6. The van der Waals surface area contributed by atoms with Gasteiger partial charge < -0.3 is 5.32 Å². The van der Waals surface area contributed by atoms with E-state index in [9.17, 15) is 17.6 Å². The first-order valence-corrected chi connectivity index (χ1v) is 12.0. The minimum absolute atomic E-state index is 0.0518. The molecule has 3 aromatic carbocycles. The minimum Gasteiger partial charge on any atom is -0.321 e. The fraction of sp³-hybridized carbons (Fsp3) is 0.0417. The van der Waals surface area contributed by atoms with Crippen LogP contribution in [0.15, 0.2) is 95.2 Å². The Balaban J connectivity index is 1.82. The van der Waals surface area contributed by atoms with Crippen LogP contribution in [-0.2, 0) is 10.0 Å². The van der Waals surface area contributed by atoms with Gasteiger partial charge in [0.15, 0.2) is 0 Å². The number of hydrogen-bond donors (Lipinski definition) is 1. The maximum atomic E-state index is 13.7. The molecule has 162 valence electrons. The van der Waals surface area contributed by atoms with Gasteiger partial charge in [0, 0.05) is 23.7 Å². The molecule has 0 spiro atoms. The quantitative estimate of drug-likeness (QED) is 0.400. The standard InChI is InChI=1S/C24H19FN2O3S2/c1-27(20-10-6-3-7-11-20)32(29,30)23-21(17-8-4-2-5-9-17)16-31-22(23)24(28)26-19-14-12-18(25)13-15-19/h2-16H,1H3,(H,26,28). The van der Waals surface area contributed by atoms with Gasteiger partial charge in [-0.25, -0.2) is 12.8 Å². The number of anilines is 2. The average molecular weight is 467 g/mol. The van der Waals surface area contributed by atoms with E-state index in [0.717, 1.165) is 15.6 Å². The van der Waals surface area contributed by atoms with E-state index in [1.165, 1.54) is 31.3 Å². The Morgan fingerprint density at radius 3 is 2.12 bits per heavy atom. The molecule has 1 amide bonds. The number of nitrogens with one attached hydrogen (secondary N) is 1. The second-order valence-electron chi connectivity index (χ2n) is 6.94. The molecule has 1 heterocycles. The molecule has 0 atom stereocenters. The van der Waals surface area contributed by atoms with E-state index >= 15 is 0 Å². The van der Waals surface area contributed by atoms with Gasteiger partial charge in [0.05, 0.1) is 5.69 Å². The molecule has 0 aliphatic rings. The molecule has 4 aromatic rings. The summed E-state index contributed by atoms with van der Waals surface area (Å²) in [7, 11) is -2.62. The minimum atomic E-state index is -4.08. The fourth-order valence-electron chi connectivity index (χ4n) is 3.21. The first-order chi connectivity index (χ1) is 15.4. The van der Waals surface area contributed by atoms with Crippen molar-refractivity contribution in [3.05, 3.63) is 101 Å². The maximum Gasteiger partial charge on any atom is 0.267 e. The second-order valence-corrected chi connectivity index (χ2v) is 9.73. The number of hydrogen-bond acceptors (Lipinski definition) is 4. The van der Waals surface area contributed by atoms with Crippen molar-refractivity contribution in [3.8, 4) is 11.1 Å². The zero-order valence-electron chi connectivity index (χ0n) is 17.0. The van der Waals surface area contributed by atoms with Gasteiger partial charge in [-0.1, -0.05) is 48.5 Å². The van der Waals surface area contributed by atoms with Gasteiger partial charge in [0.1, 0.15) is 15.6 Å². The van der Waals surface area contributed by atoms with Crippen molar-refractivity contribution in [1.82, 2.24) is 0 Å². The van der Waals surface area contributed by atoms with Crippen molar-refractivity contribution >= 4 is 38.6 Å². The highest BCUT2D eigenvalue weighted by Crippen LogP contribution is 2.38. The van der Waals surface area contributed by atoms with E-state index < -0.39 is 21.7 Å². The lowest BCUT2D eigenvalue weighted by molar-refractivity contribution is 0.102. The van der Waals surface area contributed by atoms with Crippen LogP contribution in [0.2, 0.25) is 0 Å². The Labute approximate surface area is 189 Å². The van der Waals surface area contributed by atoms with Crippen LogP contribution in [0.25, 0.3) is 11.1 Å². The van der Waals surface area contributed by atoms with Gasteiger partial charge >= 0.3 is 0 Å². The average Bonchev–Trinajstić information content (AvgIpc) is 3.28. The van der Waals surface area contributed by atoms with Crippen LogP contribution in [0.3, 0.4) is 0 Å². The summed E-state index contributed by atoms with van der Waals surface area (Å²) in [6.07, 6.45) is 0. The summed E-state index contributed by atoms with van der Waals surface area (Å²) in [6.45, 7) is 0. The molecule has 0 fully saturated rings. The van der Waals surface area contributed by atoms with E-state index in [0.29, 0.717) is 22.5 Å². The van der Waals surface area contributed by atoms with E-state index in [1.54, 1.807) is 47.8 Å². The number of benzene rings is 3. The molecule has 0 unspecified atom stereocenters. The number of carbonyl (C=O) groups is 1. The maximum absolute atomic E-state index is 13.7. The summed E-state index contributed by atoms with van der Waals surface area (Å²) in [5.41, 5.74) is 1.97. The highest BCUT2D eigenvalue weighted by atomic mass is 32.2. The van der Waals surface area contributed by atoms with Crippen LogP contribution in [0.5, 0.6) is 0 Å². The number of carbonyl (C=O) groups excluding carboxylic acids is 1. The first kappa shape index (κ1) is 21.7. The predicted octanol–water partition coefficient (Wildman–Crippen LogP) is 5.63. The summed E-state index contributed by atoms with van der Waals surface area (Å²) < 4.78 is 41.8. The molecule has 0 aliphatic carbocycles. The third kappa shape index (κ3) is 4.28. The molecule has 0 bridgehead atoms. The normalized spacial score (nSPS) is 11.2. The Morgan fingerprint density at radius 2 is 1.50 bits per heavy atom. The van der Waals surface area contributed by atoms with Crippen LogP contribution in [0.4, 0.5) is 15.8 Å². The summed E-state index contributed by atoms with van der Waals surface area (Å²) in [6, 6.07) is 23.0. The molecular weight excluding hydrogens is 447 g/mol. The number of nitrogens with zero attached hydrogens (tertiary/aromatic N) is 1. The lowest BCUT2D eigenvalue weighted by Crippen LogP contribution is -2.28. The Hall–Kier alpha value is -3.49. The van der Waals surface area contributed by atoms with E-state index in [4.69, 9.17) is 0 Å². The van der Waals surface area contributed by atoms with E-state index in [-0.39, 0.29) is 9.77 Å². The molecule has 1 N–H and O–H groups in total. The number of halogens is 1. The second kappa shape index (κ2) is 8.94. The number of para-hydroxylation sites is 1. The Morgan fingerprint density at radius 1 is 0.906 bits per heavy atom.